The Labute approximate surface area is 199 Å². The van der Waals surface area contributed by atoms with Crippen molar-refractivity contribution in [2.24, 2.45) is 5.10 Å². The van der Waals surface area contributed by atoms with Gasteiger partial charge in [0.2, 0.25) is 11.8 Å². The molecule has 0 aliphatic heterocycles. The highest BCUT2D eigenvalue weighted by Gasteiger charge is 2.14. The largest absolute Gasteiger partial charge is 0.497 e. The Morgan fingerprint density at radius 2 is 1.88 bits per heavy atom. The number of ether oxygens (including phenoxy) is 4. The molecule has 10 nitrogen and oxygen atoms in total. The van der Waals surface area contributed by atoms with Crippen LogP contribution in [0.3, 0.4) is 0 Å². The van der Waals surface area contributed by atoms with Crippen LogP contribution < -0.4 is 25.0 Å². The van der Waals surface area contributed by atoms with Crippen molar-refractivity contribution in [2.75, 3.05) is 32.8 Å². The number of hydrogen-bond donors (Lipinski definition) is 2. The van der Waals surface area contributed by atoms with Gasteiger partial charge in [-0.05, 0) is 52.7 Å². The molecule has 0 aliphatic rings. The van der Waals surface area contributed by atoms with E-state index in [0.717, 1.165) is 0 Å². The third kappa shape index (κ3) is 8.45. The molecule has 2 amide bonds. The Morgan fingerprint density at radius 3 is 2.58 bits per heavy atom. The summed E-state index contributed by atoms with van der Waals surface area (Å²) in [7, 11) is 2.78. The van der Waals surface area contributed by atoms with Crippen molar-refractivity contribution in [1.29, 1.82) is 0 Å². The predicted octanol–water partition coefficient (Wildman–Crippen LogP) is 2.89. The lowest BCUT2D eigenvalue weighted by Gasteiger charge is -2.13. The SMILES string of the molecule is CCOc1cc(C=NNC(=O)CC(=O)Nc2cccc(OC)c2)cc(Br)c1OCC(=O)OC. The summed E-state index contributed by atoms with van der Waals surface area (Å²) in [6.07, 6.45) is 0.970. The summed E-state index contributed by atoms with van der Waals surface area (Å²) in [4.78, 5) is 35.4. The summed E-state index contributed by atoms with van der Waals surface area (Å²) in [5.41, 5.74) is 3.39. The van der Waals surface area contributed by atoms with Crippen molar-refractivity contribution in [3.05, 3.63) is 46.4 Å². The number of carbonyl (C=O) groups excluding carboxylic acids is 3. The predicted molar refractivity (Wildman–Crippen MR) is 125 cm³/mol. The number of anilines is 1. The number of rotatable bonds is 11. The topological polar surface area (TPSA) is 125 Å². The maximum Gasteiger partial charge on any atom is 0.343 e. The number of amides is 2. The third-order valence-corrected chi connectivity index (χ3v) is 4.56. The van der Waals surface area contributed by atoms with Gasteiger partial charge in [0.05, 0.1) is 31.5 Å². The van der Waals surface area contributed by atoms with E-state index in [-0.39, 0.29) is 6.61 Å². The summed E-state index contributed by atoms with van der Waals surface area (Å²) < 4.78 is 21.2. The number of methoxy groups -OCH3 is 2. The molecular formula is C22H24BrN3O7. The molecule has 0 fully saturated rings. The van der Waals surface area contributed by atoms with Crippen molar-refractivity contribution in [3.8, 4) is 17.2 Å². The molecule has 0 saturated heterocycles. The molecule has 0 heterocycles. The smallest absolute Gasteiger partial charge is 0.343 e. The fraction of sp³-hybridized carbons (Fsp3) is 0.273. The van der Waals surface area contributed by atoms with Crippen molar-refractivity contribution >= 4 is 45.6 Å². The summed E-state index contributed by atoms with van der Waals surface area (Å²) in [6, 6.07) is 10.1. The fourth-order valence-electron chi connectivity index (χ4n) is 2.53. The van der Waals surface area contributed by atoms with Crippen LogP contribution in [0.4, 0.5) is 5.69 Å². The van der Waals surface area contributed by atoms with Gasteiger partial charge in [0, 0.05) is 11.8 Å². The second kappa shape index (κ2) is 13.1. The highest BCUT2D eigenvalue weighted by molar-refractivity contribution is 9.10. The lowest BCUT2D eigenvalue weighted by atomic mass is 10.2. The van der Waals surface area contributed by atoms with E-state index in [2.05, 4.69) is 36.5 Å². The van der Waals surface area contributed by atoms with Crippen molar-refractivity contribution < 1.29 is 33.3 Å². The van der Waals surface area contributed by atoms with Crippen LogP contribution in [0.15, 0.2) is 46.0 Å². The first-order valence-electron chi connectivity index (χ1n) is 9.78. The van der Waals surface area contributed by atoms with E-state index in [1.165, 1.54) is 20.4 Å². The Hall–Kier alpha value is -3.60. The molecule has 0 spiro atoms. The number of carbonyl (C=O) groups is 3. The van der Waals surface area contributed by atoms with Gasteiger partial charge >= 0.3 is 5.97 Å². The molecule has 176 valence electrons. The average molecular weight is 522 g/mol. The molecule has 2 aromatic rings. The Balaban J connectivity index is 1.96. The molecule has 11 heteroatoms. The Bertz CT molecular complexity index is 1030. The van der Waals surface area contributed by atoms with Crippen LogP contribution in [-0.4, -0.2) is 51.4 Å². The maximum atomic E-state index is 12.1. The lowest BCUT2D eigenvalue weighted by molar-refractivity contribution is -0.143. The van der Waals surface area contributed by atoms with Gasteiger partial charge in [0.1, 0.15) is 12.2 Å². The molecule has 0 atom stereocenters. The summed E-state index contributed by atoms with van der Waals surface area (Å²) in [5, 5.41) is 6.49. The van der Waals surface area contributed by atoms with Crippen molar-refractivity contribution in [3.63, 3.8) is 0 Å². The third-order valence-electron chi connectivity index (χ3n) is 3.97. The van der Waals surface area contributed by atoms with Crippen LogP contribution in [0, 0.1) is 0 Å². The molecule has 0 bridgehead atoms. The second-order valence-electron chi connectivity index (χ2n) is 6.38. The van der Waals surface area contributed by atoms with Crippen LogP contribution in [0.25, 0.3) is 0 Å². The number of hydrogen-bond acceptors (Lipinski definition) is 8. The zero-order valence-electron chi connectivity index (χ0n) is 18.3. The van der Waals surface area contributed by atoms with Gasteiger partial charge in [0.15, 0.2) is 18.1 Å². The monoisotopic (exact) mass is 521 g/mol. The highest BCUT2D eigenvalue weighted by Crippen LogP contribution is 2.36. The minimum absolute atomic E-state index is 0.281. The van der Waals surface area contributed by atoms with Gasteiger partial charge in [-0.1, -0.05) is 6.07 Å². The first-order chi connectivity index (χ1) is 15.9. The minimum atomic E-state index is -0.589. The van der Waals surface area contributed by atoms with Gasteiger partial charge in [0.25, 0.3) is 0 Å². The van der Waals surface area contributed by atoms with E-state index in [1.54, 1.807) is 43.3 Å². The van der Waals surface area contributed by atoms with Crippen molar-refractivity contribution in [1.82, 2.24) is 5.43 Å². The number of esters is 1. The van der Waals surface area contributed by atoms with E-state index >= 15 is 0 Å². The van der Waals surface area contributed by atoms with Crippen LogP contribution in [0.1, 0.15) is 18.9 Å². The first kappa shape index (κ1) is 25.7. The number of nitrogens with zero attached hydrogens (tertiary/aromatic N) is 1. The molecule has 0 saturated carbocycles. The summed E-state index contributed by atoms with van der Waals surface area (Å²) in [5.74, 6) is -0.327. The molecule has 0 unspecified atom stereocenters. The maximum absolute atomic E-state index is 12.1. The van der Waals surface area contributed by atoms with Crippen LogP contribution in [0.2, 0.25) is 0 Å². The van der Waals surface area contributed by atoms with Crippen LogP contribution in [-0.2, 0) is 19.1 Å². The molecule has 2 N–H and O–H groups in total. The van der Waals surface area contributed by atoms with Gasteiger partial charge in [-0.15, -0.1) is 0 Å². The quantitative estimate of drug-likeness (QED) is 0.201. The normalized spacial score (nSPS) is 10.4. The Kier molecular flexibility index (Phi) is 10.2. The zero-order valence-corrected chi connectivity index (χ0v) is 19.9. The van der Waals surface area contributed by atoms with Gasteiger partial charge in [-0.2, -0.15) is 5.10 Å². The van der Waals surface area contributed by atoms with Crippen LogP contribution in [0.5, 0.6) is 17.2 Å². The number of halogens is 1. The lowest BCUT2D eigenvalue weighted by Crippen LogP contribution is -2.24. The average Bonchev–Trinajstić information content (AvgIpc) is 2.78. The fourth-order valence-corrected chi connectivity index (χ4v) is 3.10. The zero-order chi connectivity index (χ0) is 24.2. The Morgan fingerprint density at radius 1 is 1.09 bits per heavy atom. The van der Waals surface area contributed by atoms with E-state index in [9.17, 15) is 14.4 Å². The summed E-state index contributed by atoms with van der Waals surface area (Å²) >= 11 is 3.37. The van der Waals surface area contributed by atoms with Crippen LogP contribution >= 0.6 is 15.9 Å². The van der Waals surface area contributed by atoms with Gasteiger partial charge in [-0.3, -0.25) is 9.59 Å². The van der Waals surface area contributed by atoms with E-state index in [4.69, 9.17) is 14.2 Å². The molecule has 2 aromatic carbocycles. The number of hydrazone groups is 1. The van der Waals surface area contributed by atoms with E-state index in [0.29, 0.717) is 39.6 Å². The molecule has 2 rings (SSSR count). The van der Waals surface area contributed by atoms with E-state index in [1.807, 2.05) is 0 Å². The number of nitrogens with one attached hydrogen (secondary N) is 2. The van der Waals surface area contributed by atoms with Gasteiger partial charge in [-0.25, -0.2) is 10.2 Å². The second-order valence-corrected chi connectivity index (χ2v) is 7.23. The number of benzene rings is 2. The van der Waals surface area contributed by atoms with E-state index < -0.39 is 24.2 Å². The summed E-state index contributed by atoms with van der Waals surface area (Å²) in [6.45, 7) is 1.88. The standard InChI is InChI=1S/C22H24BrN3O7/c1-4-32-18-9-14(8-17(23)22(18)33-13-21(29)31-3)12-24-26-20(28)11-19(27)25-15-6-5-7-16(10-15)30-2/h5-10,12H,4,11,13H2,1-3H3,(H,25,27)(H,26,28). The molecule has 0 radical (unpaired) electrons. The minimum Gasteiger partial charge on any atom is -0.497 e. The highest BCUT2D eigenvalue weighted by atomic mass is 79.9. The van der Waals surface area contributed by atoms with Gasteiger partial charge < -0.3 is 24.3 Å². The first-order valence-corrected chi connectivity index (χ1v) is 10.6. The molecule has 33 heavy (non-hydrogen) atoms. The molecule has 0 aliphatic carbocycles. The van der Waals surface area contributed by atoms with Crippen molar-refractivity contribution in [2.45, 2.75) is 13.3 Å². The molecule has 0 aromatic heterocycles. The molecular weight excluding hydrogens is 498 g/mol.